The normalized spacial score (nSPS) is 15.5. The lowest BCUT2D eigenvalue weighted by Gasteiger charge is -2.26. The topological polar surface area (TPSA) is 66.5 Å². The highest BCUT2D eigenvalue weighted by molar-refractivity contribution is 7.89. The number of rotatable bonds is 4. The Labute approximate surface area is 169 Å². The van der Waals surface area contributed by atoms with E-state index in [-0.39, 0.29) is 20.5 Å². The zero-order valence-electron chi connectivity index (χ0n) is 14.8. The van der Waals surface area contributed by atoms with Gasteiger partial charge in [0, 0.05) is 18.8 Å². The summed E-state index contributed by atoms with van der Waals surface area (Å²) < 4.78 is 27.3. The molecule has 0 radical (unpaired) electrons. The smallest absolute Gasteiger partial charge is 0.257 e. The highest BCUT2D eigenvalue weighted by Gasteiger charge is 2.29. The zero-order chi connectivity index (χ0) is 19.6. The maximum absolute atomic E-state index is 13.0. The maximum atomic E-state index is 13.0. The van der Waals surface area contributed by atoms with Gasteiger partial charge in [0.1, 0.15) is 4.90 Å². The number of halogens is 2. The average molecular weight is 427 g/mol. The molecular weight excluding hydrogens is 407 g/mol. The summed E-state index contributed by atoms with van der Waals surface area (Å²) in [5.41, 5.74) is 1.66. The molecule has 0 saturated carbocycles. The van der Waals surface area contributed by atoms with Gasteiger partial charge < -0.3 is 5.32 Å². The van der Waals surface area contributed by atoms with Crippen LogP contribution in [0.4, 0.5) is 5.69 Å². The van der Waals surface area contributed by atoms with Crippen LogP contribution in [0.1, 0.15) is 35.2 Å². The van der Waals surface area contributed by atoms with Gasteiger partial charge in [0.2, 0.25) is 10.0 Å². The third-order valence-corrected chi connectivity index (χ3v) is 7.15. The van der Waals surface area contributed by atoms with Crippen LogP contribution in [-0.4, -0.2) is 31.7 Å². The Bertz CT molecular complexity index is 971. The van der Waals surface area contributed by atoms with E-state index >= 15 is 0 Å². The van der Waals surface area contributed by atoms with Crippen molar-refractivity contribution in [1.82, 2.24) is 4.31 Å². The molecule has 5 nitrogen and oxygen atoms in total. The molecule has 0 unspecified atom stereocenters. The van der Waals surface area contributed by atoms with E-state index in [9.17, 15) is 13.2 Å². The lowest BCUT2D eigenvalue weighted by atomic mass is 10.2. The van der Waals surface area contributed by atoms with Crippen molar-refractivity contribution in [3.8, 4) is 0 Å². The lowest BCUT2D eigenvalue weighted by molar-refractivity contribution is 0.102. The number of nitrogens with zero attached hydrogens (tertiary/aromatic N) is 1. The molecule has 8 heteroatoms. The first kappa shape index (κ1) is 20.1. The molecule has 2 aromatic rings. The van der Waals surface area contributed by atoms with E-state index in [4.69, 9.17) is 23.2 Å². The van der Waals surface area contributed by atoms with Gasteiger partial charge in [-0.2, -0.15) is 4.31 Å². The van der Waals surface area contributed by atoms with Crippen LogP contribution in [0.15, 0.2) is 41.3 Å². The van der Waals surface area contributed by atoms with E-state index in [2.05, 4.69) is 5.32 Å². The van der Waals surface area contributed by atoms with Crippen molar-refractivity contribution in [2.24, 2.45) is 0 Å². The Morgan fingerprint density at radius 3 is 2.41 bits per heavy atom. The quantitative estimate of drug-likeness (QED) is 0.767. The molecule has 1 N–H and O–H groups in total. The number of carbonyl (C=O) groups is 1. The van der Waals surface area contributed by atoms with Crippen LogP contribution in [0, 0.1) is 6.92 Å². The number of aryl methyl sites for hydroxylation is 1. The van der Waals surface area contributed by atoms with Crippen molar-refractivity contribution >= 4 is 44.8 Å². The molecule has 0 bridgehead atoms. The minimum Gasteiger partial charge on any atom is -0.322 e. The van der Waals surface area contributed by atoms with Crippen LogP contribution < -0.4 is 5.32 Å². The standard InChI is InChI=1S/C19H20Cl2N2O3S/c1-13-6-5-7-14(10-13)22-19(24)15-11-18(17(21)12-16(15)20)27(25,26)23-8-3-2-4-9-23/h5-7,10-12H,2-4,8-9H2,1H3,(H,22,24). The molecule has 3 rings (SSSR count). The second-order valence-corrected chi connectivity index (χ2v) is 9.27. The van der Waals surface area contributed by atoms with Crippen LogP contribution >= 0.6 is 23.2 Å². The van der Waals surface area contributed by atoms with Gasteiger partial charge in [-0.25, -0.2) is 8.42 Å². The molecule has 2 aromatic carbocycles. The maximum Gasteiger partial charge on any atom is 0.257 e. The van der Waals surface area contributed by atoms with Gasteiger partial charge in [0.25, 0.3) is 5.91 Å². The predicted molar refractivity (Wildman–Crippen MR) is 108 cm³/mol. The summed E-state index contributed by atoms with van der Waals surface area (Å²) in [5, 5.41) is 2.85. The van der Waals surface area contributed by atoms with Gasteiger partial charge in [-0.1, -0.05) is 41.8 Å². The fourth-order valence-corrected chi connectivity index (χ4v) is 5.42. The van der Waals surface area contributed by atoms with Crippen molar-refractivity contribution in [2.45, 2.75) is 31.1 Å². The minimum absolute atomic E-state index is 0.0117. The Morgan fingerprint density at radius 2 is 1.74 bits per heavy atom. The molecule has 144 valence electrons. The monoisotopic (exact) mass is 426 g/mol. The fourth-order valence-electron chi connectivity index (χ4n) is 3.07. The minimum atomic E-state index is -3.78. The van der Waals surface area contributed by atoms with Gasteiger partial charge in [-0.3, -0.25) is 4.79 Å². The second kappa shape index (κ2) is 8.19. The molecule has 1 heterocycles. The largest absolute Gasteiger partial charge is 0.322 e. The highest BCUT2D eigenvalue weighted by Crippen LogP contribution is 2.32. The third kappa shape index (κ3) is 4.46. The first-order valence-corrected chi connectivity index (χ1v) is 10.9. The van der Waals surface area contributed by atoms with E-state index in [0.717, 1.165) is 24.8 Å². The molecule has 1 saturated heterocycles. The first-order chi connectivity index (χ1) is 12.8. The fraction of sp³-hybridized carbons (Fsp3) is 0.316. The van der Waals surface area contributed by atoms with Crippen LogP contribution in [0.5, 0.6) is 0 Å². The summed E-state index contributed by atoms with van der Waals surface area (Å²) in [4.78, 5) is 12.6. The summed E-state index contributed by atoms with van der Waals surface area (Å²) in [6, 6.07) is 9.87. The Hall–Kier alpha value is -1.60. The number of sulfonamides is 1. The number of amides is 1. The van der Waals surface area contributed by atoms with Gasteiger partial charge >= 0.3 is 0 Å². The second-order valence-electron chi connectivity index (χ2n) is 6.55. The van der Waals surface area contributed by atoms with E-state index in [1.807, 2.05) is 25.1 Å². The summed E-state index contributed by atoms with van der Waals surface area (Å²) in [6.45, 7) is 2.81. The van der Waals surface area contributed by atoms with Gasteiger partial charge in [0.05, 0.1) is 15.6 Å². The third-order valence-electron chi connectivity index (χ3n) is 4.47. The van der Waals surface area contributed by atoms with E-state index < -0.39 is 15.9 Å². The van der Waals surface area contributed by atoms with Crippen molar-refractivity contribution in [2.75, 3.05) is 18.4 Å². The van der Waals surface area contributed by atoms with Crippen molar-refractivity contribution in [3.05, 3.63) is 57.6 Å². The van der Waals surface area contributed by atoms with Gasteiger partial charge in [-0.15, -0.1) is 0 Å². The molecule has 27 heavy (non-hydrogen) atoms. The molecule has 0 aromatic heterocycles. The van der Waals surface area contributed by atoms with Crippen LogP contribution in [0.2, 0.25) is 10.0 Å². The van der Waals surface area contributed by atoms with E-state index in [1.54, 1.807) is 6.07 Å². The number of anilines is 1. The summed E-state index contributed by atoms with van der Waals surface area (Å²) >= 11 is 12.3. The molecule has 0 spiro atoms. The molecule has 0 atom stereocenters. The molecule has 1 amide bonds. The highest BCUT2D eigenvalue weighted by atomic mass is 35.5. The summed E-state index contributed by atoms with van der Waals surface area (Å²) in [7, 11) is -3.78. The number of benzene rings is 2. The Morgan fingerprint density at radius 1 is 1.04 bits per heavy atom. The Balaban J connectivity index is 1.95. The Kier molecular flexibility index (Phi) is 6.11. The molecule has 1 fully saturated rings. The van der Waals surface area contributed by atoms with Crippen LogP contribution in [0.3, 0.4) is 0 Å². The predicted octanol–water partition coefficient (Wildman–Crippen LogP) is 4.73. The van der Waals surface area contributed by atoms with Crippen LogP contribution in [-0.2, 0) is 10.0 Å². The average Bonchev–Trinajstić information content (AvgIpc) is 2.62. The van der Waals surface area contributed by atoms with Crippen LogP contribution in [0.25, 0.3) is 0 Å². The summed E-state index contributed by atoms with van der Waals surface area (Å²) in [5.74, 6) is -0.489. The number of carbonyl (C=O) groups excluding carboxylic acids is 1. The van der Waals surface area contributed by atoms with E-state index in [1.165, 1.54) is 16.4 Å². The van der Waals surface area contributed by atoms with Gasteiger partial charge in [-0.05, 0) is 49.6 Å². The van der Waals surface area contributed by atoms with Gasteiger partial charge in [0.15, 0.2) is 0 Å². The number of piperidine rings is 1. The van der Waals surface area contributed by atoms with Crippen molar-refractivity contribution < 1.29 is 13.2 Å². The summed E-state index contributed by atoms with van der Waals surface area (Å²) in [6.07, 6.45) is 2.63. The van der Waals surface area contributed by atoms with E-state index in [0.29, 0.717) is 18.8 Å². The zero-order valence-corrected chi connectivity index (χ0v) is 17.2. The van der Waals surface area contributed by atoms with Crippen molar-refractivity contribution in [1.29, 1.82) is 0 Å². The number of nitrogens with one attached hydrogen (secondary N) is 1. The molecule has 1 aliphatic rings. The number of hydrogen-bond donors (Lipinski definition) is 1. The molecule has 0 aliphatic carbocycles. The first-order valence-electron chi connectivity index (χ1n) is 8.66. The lowest BCUT2D eigenvalue weighted by Crippen LogP contribution is -2.35. The molecule has 1 aliphatic heterocycles. The SMILES string of the molecule is Cc1cccc(NC(=O)c2cc(S(=O)(=O)N3CCCCC3)c(Cl)cc2Cl)c1. The number of hydrogen-bond acceptors (Lipinski definition) is 3. The van der Waals surface area contributed by atoms with Crippen molar-refractivity contribution in [3.63, 3.8) is 0 Å². The molecular formula is C19H20Cl2N2O3S.